The molecule has 48 heavy (non-hydrogen) atoms. The molecule has 0 spiro atoms. The first-order valence-electron chi connectivity index (χ1n) is 15.7. The Kier molecular flexibility index (Phi) is 9.45. The van der Waals surface area contributed by atoms with Crippen LogP contribution in [-0.2, 0) is 10.0 Å². The summed E-state index contributed by atoms with van der Waals surface area (Å²) in [4.78, 5) is 28.8. The lowest BCUT2D eigenvalue weighted by molar-refractivity contribution is 0.0389. The van der Waals surface area contributed by atoms with Crippen molar-refractivity contribution in [1.82, 2.24) is 9.21 Å². The van der Waals surface area contributed by atoms with Gasteiger partial charge in [-0.05, 0) is 42.6 Å². The van der Waals surface area contributed by atoms with Crippen LogP contribution in [0, 0.1) is 5.92 Å². The van der Waals surface area contributed by atoms with Gasteiger partial charge >= 0.3 is 6.03 Å². The molecule has 252 valence electrons. The molecule has 0 radical (unpaired) electrons. The van der Waals surface area contributed by atoms with E-state index in [0.717, 1.165) is 10.8 Å². The number of aliphatic hydroxyl groups is 1. The number of anilines is 2. The Bertz CT molecular complexity index is 1950. The maximum Gasteiger partial charge on any atom is 0.323 e. The molecule has 3 amide bonds. The number of hydrogen-bond donors (Lipinski definition) is 3. The van der Waals surface area contributed by atoms with Crippen molar-refractivity contribution < 1.29 is 37.3 Å². The normalized spacial score (nSPS) is 18.4. The number of aliphatic hydroxyl groups excluding tert-OH is 1. The second-order valence-corrected chi connectivity index (χ2v) is 14.0. The lowest BCUT2D eigenvalue weighted by Crippen LogP contribution is -2.50. The van der Waals surface area contributed by atoms with E-state index in [1.807, 2.05) is 43.3 Å². The molecule has 2 aliphatic rings. The number of amides is 3. The van der Waals surface area contributed by atoms with Gasteiger partial charge in [-0.1, -0.05) is 49.4 Å². The minimum absolute atomic E-state index is 0.0336. The first kappa shape index (κ1) is 33.1. The maximum absolute atomic E-state index is 13.9. The Morgan fingerprint density at radius 3 is 2.46 bits per heavy atom. The summed E-state index contributed by atoms with van der Waals surface area (Å²) in [7, 11) is -2.54. The Morgan fingerprint density at radius 1 is 0.979 bits per heavy atom. The van der Waals surface area contributed by atoms with Gasteiger partial charge in [0.2, 0.25) is 10.0 Å². The second-order valence-electron chi connectivity index (χ2n) is 12.0. The molecule has 0 unspecified atom stereocenters. The summed E-state index contributed by atoms with van der Waals surface area (Å²) in [6, 6.07) is 21.5. The molecular weight excluding hydrogens is 636 g/mol. The van der Waals surface area contributed by atoms with Gasteiger partial charge in [-0.2, -0.15) is 4.31 Å². The highest BCUT2D eigenvalue weighted by Crippen LogP contribution is 2.37. The molecule has 0 aromatic heterocycles. The van der Waals surface area contributed by atoms with Crippen molar-refractivity contribution in [3.05, 3.63) is 84.4 Å². The summed E-state index contributed by atoms with van der Waals surface area (Å²) in [6.45, 7) is 4.13. The fourth-order valence-electron chi connectivity index (χ4n) is 5.89. The van der Waals surface area contributed by atoms with Crippen molar-refractivity contribution in [3.63, 3.8) is 0 Å². The SMILES string of the molecule is C[C@@H]1CN([C@H](C)CO)C(=O)c2cccc(NC(=O)Nc3cccc4ccccc34)c2O[C@H]1CN(C)S(=O)(=O)c1ccc2c(c1)OCCO2. The van der Waals surface area contributed by atoms with Gasteiger partial charge in [-0.3, -0.25) is 4.79 Å². The van der Waals surface area contributed by atoms with Crippen LogP contribution in [0.5, 0.6) is 17.2 Å². The highest BCUT2D eigenvalue weighted by atomic mass is 32.2. The third-order valence-electron chi connectivity index (χ3n) is 8.64. The molecule has 0 aliphatic carbocycles. The maximum atomic E-state index is 13.9. The monoisotopic (exact) mass is 674 g/mol. The minimum atomic E-state index is -4.00. The van der Waals surface area contributed by atoms with Crippen LogP contribution in [0.1, 0.15) is 24.2 Å². The first-order chi connectivity index (χ1) is 23.1. The molecule has 0 saturated carbocycles. The molecule has 2 aliphatic heterocycles. The van der Waals surface area contributed by atoms with E-state index in [9.17, 15) is 23.1 Å². The van der Waals surface area contributed by atoms with Crippen molar-refractivity contribution in [2.24, 2.45) is 5.92 Å². The molecule has 0 fully saturated rings. The lowest BCUT2D eigenvalue weighted by atomic mass is 9.99. The molecule has 0 bridgehead atoms. The van der Waals surface area contributed by atoms with E-state index in [0.29, 0.717) is 30.4 Å². The van der Waals surface area contributed by atoms with Crippen LogP contribution in [0.15, 0.2) is 83.8 Å². The molecule has 4 aromatic carbocycles. The standard InChI is InChI=1S/C35H38N4O8S/c1-22-19-39(23(2)21-40)34(41)27-11-7-13-29(37-35(42)36-28-12-6-9-24-8-4-5-10-26(24)28)33(27)47-32(22)20-38(3)48(43,44)25-14-15-30-31(18-25)46-17-16-45-30/h4-15,18,22-23,32,40H,16-17,19-21H2,1-3H3,(H2,36,37,42)/t22-,23-,32+/m1/s1. The third kappa shape index (κ3) is 6.61. The van der Waals surface area contributed by atoms with E-state index in [2.05, 4.69) is 10.6 Å². The molecule has 6 rings (SSSR count). The Morgan fingerprint density at radius 2 is 1.67 bits per heavy atom. The van der Waals surface area contributed by atoms with Crippen LogP contribution in [0.3, 0.4) is 0 Å². The topological polar surface area (TPSA) is 147 Å². The number of nitrogens with zero attached hydrogens (tertiary/aromatic N) is 2. The van der Waals surface area contributed by atoms with Gasteiger partial charge < -0.3 is 34.9 Å². The third-order valence-corrected chi connectivity index (χ3v) is 10.5. The van der Waals surface area contributed by atoms with Crippen LogP contribution >= 0.6 is 0 Å². The number of urea groups is 1. The van der Waals surface area contributed by atoms with Gasteiger partial charge in [-0.25, -0.2) is 13.2 Å². The van der Waals surface area contributed by atoms with Crippen LogP contribution in [0.4, 0.5) is 16.2 Å². The van der Waals surface area contributed by atoms with Gasteiger partial charge in [-0.15, -0.1) is 0 Å². The average molecular weight is 675 g/mol. The largest absolute Gasteiger partial charge is 0.486 e. The predicted molar refractivity (Wildman–Crippen MR) is 181 cm³/mol. The van der Waals surface area contributed by atoms with Crippen molar-refractivity contribution >= 4 is 44.1 Å². The van der Waals surface area contributed by atoms with E-state index < -0.39 is 28.2 Å². The van der Waals surface area contributed by atoms with Crippen LogP contribution in [0.2, 0.25) is 0 Å². The number of ether oxygens (including phenoxy) is 3. The van der Waals surface area contributed by atoms with Crippen LogP contribution < -0.4 is 24.8 Å². The van der Waals surface area contributed by atoms with E-state index in [4.69, 9.17) is 14.2 Å². The number of carbonyl (C=O) groups excluding carboxylic acids is 2. The van der Waals surface area contributed by atoms with Crippen LogP contribution in [0.25, 0.3) is 10.8 Å². The molecule has 2 heterocycles. The van der Waals surface area contributed by atoms with Gasteiger partial charge in [0.05, 0.1) is 41.0 Å². The number of hydrogen-bond acceptors (Lipinski definition) is 8. The van der Waals surface area contributed by atoms with E-state index in [1.54, 1.807) is 42.2 Å². The van der Waals surface area contributed by atoms with Gasteiger partial charge in [0.1, 0.15) is 19.3 Å². The second kappa shape index (κ2) is 13.7. The van der Waals surface area contributed by atoms with E-state index in [-0.39, 0.29) is 53.4 Å². The number of likely N-dealkylation sites (N-methyl/N-ethyl adjacent to an activating group) is 1. The van der Waals surface area contributed by atoms with Gasteiger partial charge in [0, 0.05) is 31.0 Å². The number of para-hydroxylation sites is 1. The van der Waals surface area contributed by atoms with E-state index in [1.165, 1.54) is 23.5 Å². The van der Waals surface area contributed by atoms with Crippen molar-refractivity contribution in [1.29, 1.82) is 0 Å². The number of benzene rings is 4. The van der Waals surface area contributed by atoms with E-state index >= 15 is 0 Å². The summed E-state index contributed by atoms with van der Waals surface area (Å²) in [5, 5.41) is 17.6. The number of rotatable bonds is 8. The quantitative estimate of drug-likeness (QED) is 0.242. The molecule has 12 nitrogen and oxygen atoms in total. The summed E-state index contributed by atoms with van der Waals surface area (Å²) < 4.78 is 46.4. The molecule has 0 saturated heterocycles. The summed E-state index contributed by atoms with van der Waals surface area (Å²) in [5.74, 6) is 0.166. The summed E-state index contributed by atoms with van der Waals surface area (Å²) in [6.07, 6.45) is -0.758. The van der Waals surface area contributed by atoms with Crippen molar-refractivity contribution in [3.8, 4) is 17.2 Å². The minimum Gasteiger partial charge on any atom is -0.486 e. The van der Waals surface area contributed by atoms with Gasteiger partial charge in [0.25, 0.3) is 5.91 Å². The lowest BCUT2D eigenvalue weighted by Gasteiger charge is -2.38. The Labute approximate surface area is 279 Å². The number of carbonyl (C=O) groups is 2. The van der Waals surface area contributed by atoms with Gasteiger partial charge in [0.15, 0.2) is 17.2 Å². The molecular formula is C35H38N4O8S. The fraction of sp³-hybridized carbons (Fsp3) is 0.314. The van der Waals surface area contributed by atoms with Crippen molar-refractivity contribution in [2.75, 3.05) is 50.6 Å². The predicted octanol–water partition coefficient (Wildman–Crippen LogP) is 4.80. The first-order valence-corrected chi connectivity index (χ1v) is 17.1. The summed E-state index contributed by atoms with van der Waals surface area (Å²) in [5.41, 5.74) is 1.00. The zero-order valence-electron chi connectivity index (χ0n) is 26.9. The fourth-order valence-corrected chi connectivity index (χ4v) is 7.08. The zero-order chi connectivity index (χ0) is 34.0. The average Bonchev–Trinajstić information content (AvgIpc) is 3.09. The summed E-state index contributed by atoms with van der Waals surface area (Å²) >= 11 is 0. The molecule has 3 atom stereocenters. The number of nitrogens with one attached hydrogen (secondary N) is 2. The zero-order valence-corrected chi connectivity index (χ0v) is 27.7. The smallest absolute Gasteiger partial charge is 0.323 e. The Balaban J connectivity index is 1.31. The van der Waals surface area contributed by atoms with Crippen LogP contribution in [-0.4, -0.2) is 86.8 Å². The number of fused-ring (bicyclic) bond motifs is 3. The Hall–Kier alpha value is -4.85. The molecule has 4 aromatic rings. The molecule has 13 heteroatoms. The molecule has 3 N–H and O–H groups in total. The number of sulfonamides is 1. The van der Waals surface area contributed by atoms with Crippen molar-refractivity contribution in [2.45, 2.75) is 30.9 Å². The highest BCUT2D eigenvalue weighted by molar-refractivity contribution is 7.89. The highest BCUT2D eigenvalue weighted by Gasteiger charge is 2.36.